The van der Waals surface area contributed by atoms with Crippen LogP contribution in [0.4, 0.5) is 29.0 Å². The van der Waals surface area contributed by atoms with Crippen LogP contribution in [0.1, 0.15) is 5.56 Å². The first-order chi connectivity index (χ1) is 16.5. The predicted molar refractivity (Wildman–Crippen MR) is 126 cm³/mol. The lowest BCUT2D eigenvalue weighted by atomic mass is 10.2. The normalized spacial score (nSPS) is 16.3. The van der Waals surface area contributed by atoms with E-state index in [0.717, 1.165) is 37.6 Å². The zero-order valence-corrected chi connectivity index (χ0v) is 18.6. The standard InChI is InChI=1S/C22H23N9O3/c1-27-14-19(32)30(16-3-5-17(6-4-16)31(33)34)13-18-20(27)25-15-26-21(18)28-9-11-29(12-10-28)22-23-7-2-8-24-22/h2-8,15H,9-14H2,1H3. The number of nitro groups is 1. The summed E-state index contributed by atoms with van der Waals surface area (Å²) in [5.41, 5.74) is 1.42. The quantitative estimate of drug-likeness (QED) is 0.417. The van der Waals surface area contributed by atoms with E-state index in [4.69, 9.17) is 0 Å². The molecule has 2 aliphatic rings. The highest BCUT2D eigenvalue weighted by Crippen LogP contribution is 2.32. The molecule has 2 aliphatic heterocycles. The molecule has 3 aromatic rings. The van der Waals surface area contributed by atoms with Gasteiger partial charge in [-0.15, -0.1) is 0 Å². The van der Waals surface area contributed by atoms with E-state index in [1.165, 1.54) is 18.5 Å². The van der Waals surface area contributed by atoms with E-state index in [-0.39, 0.29) is 24.7 Å². The topological polar surface area (TPSA) is 125 Å². The Kier molecular flexibility index (Phi) is 5.62. The van der Waals surface area contributed by atoms with Gasteiger partial charge < -0.3 is 19.6 Å². The van der Waals surface area contributed by atoms with Crippen LogP contribution >= 0.6 is 0 Å². The van der Waals surface area contributed by atoms with Gasteiger partial charge in [0.05, 0.1) is 23.6 Å². The first kappa shape index (κ1) is 21.5. The molecule has 0 bridgehead atoms. The van der Waals surface area contributed by atoms with Gasteiger partial charge in [-0.05, 0) is 18.2 Å². The second-order valence-electron chi connectivity index (χ2n) is 8.13. The molecule has 12 nitrogen and oxygen atoms in total. The first-order valence-electron chi connectivity index (χ1n) is 10.9. The third-order valence-electron chi connectivity index (χ3n) is 6.04. The van der Waals surface area contributed by atoms with Crippen LogP contribution in [0, 0.1) is 10.1 Å². The molecule has 5 rings (SSSR count). The average Bonchev–Trinajstić information content (AvgIpc) is 3.00. The van der Waals surface area contributed by atoms with E-state index in [0.29, 0.717) is 17.5 Å². The number of non-ortho nitro benzene ring substituents is 1. The molecule has 34 heavy (non-hydrogen) atoms. The van der Waals surface area contributed by atoms with Crippen LogP contribution in [0.3, 0.4) is 0 Å². The molecular formula is C22H23N9O3. The lowest BCUT2D eigenvalue weighted by molar-refractivity contribution is -0.384. The highest BCUT2D eigenvalue weighted by atomic mass is 16.6. The Morgan fingerprint density at radius 1 is 0.882 bits per heavy atom. The molecule has 1 saturated heterocycles. The minimum Gasteiger partial charge on any atom is -0.353 e. The Bertz CT molecular complexity index is 1200. The van der Waals surface area contributed by atoms with Crippen LogP contribution in [0.2, 0.25) is 0 Å². The second-order valence-corrected chi connectivity index (χ2v) is 8.13. The molecule has 0 atom stereocenters. The lowest BCUT2D eigenvalue weighted by Gasteiger charge is -2.36. The maximum atomic E-state index is 13.1. The van der Waals surface area contributed by atoms with Gasteiger partial charge >= 0.3 is 0 Å². The van der Waals surface area contributed by atoms with Crippen molar-refractivity contribution in [2.24, 2.45) is 0 Å². The minimum absolute atomic E-state index is 0.0205. The van der Waals surface area contributed by atoms with Gasteiger partial charge in [-0.1, -0.05) is 0 Å². The summed E-state index contributed by atoms with van der Waals surface area (Å²) in [5.74, 6) is 2.08. The van der Waals surface area contributed by atoms with Crippen LogP contribution in [0.5, 0.6) is 0 Å². The van der Waals surface area contributed by atoms with Crippen molar-refractivity contribution in [1.82, 2.24) is 19.9 Å². The zero-order chi connectivity index (χ0) is 23.7. The van der Waals surface area contributed by atoms with E-state index in [2.05, 4.69) is 29.7 Å². The number of hydrogen-bond acceptors (Lipinski definition) is 10. The molecule has 0 aliphatic carbocycles. The van der Waals surface area contributed by atoms with Crippen molar-refractivity contribution in [2.45, 2.75) is 6.54 Å². The van der Waals surface area contributed by atoms with Crippen LogP contribution in [-0.4, -0.2) is 70.5 Å². The van der Waals surface area contributed by atoms with Crippen LogP contribution in [-0.2, 0) is 11.3 Å². The minimum atomic E-state index is -0.455. The number of benzene rings is 1. The SMILES string of the molecule is CN1CC(=O)N(c2ccc([N+](=O)[O-])cc2)Cc2c1ncnc2N1CCN(c2ncccn2)CC1. The third kappa shape index (κ3) is 4.05. The van der Waals surface area contributed by atoms with E-state index in [1.54, 1.807) is 35.5 Å². The number of aromatic nitrogens is 4. The maximum Gasteiger partial charge on any atom is 0.269 e. The zero-order valence-electron chi connectivity index (χ0n) is 18.6. The molecule has 1 amide bonds. The molecule has 1 aromatic carbocycles. The van der Waals surface area contributed by atoms with Gasteiger partial charge in [0.2, 0.25) is 11.9 Å². The van der Waals surface area contributed by atoms with Crippen LogP contribution in [0.25, 0.3) is 0 Å². The van der Waals surface area contributed by atoms with Crippen molar-refractivity contribution < 1.29 is 9.72 Å². The molecular weight excluding hydrogens is 438 g/mol. The van der Waals surface area contributed by atoms with E-state index < -0.39 is 4.92 Å². The Balaban J connectivity index is 1.42. The fourth-order valence-electron chi connectivity index (χ4n) is 4.31. The number of hydrogen-bond donors (Lipinski definition) is 0. The number of fused-ring (bicyclic) bond motifs is 1. The highest BCUT2D eigenvalue weighted by Gasteiger charge is 2.31. The van der Waals surface area contributed by atoms with Crippen molar-refractivity contribution in [2.75, 3.05) is 59.4 Å². The molecule has 0 saturated carbocycles. The van der Waals surface area contributed by atoms with Crippen molar-refractivity contribution in [3.05, 3.63) is 64.7 Å². The number of anilines is 4. The van der Waals surface area contributed by atoms with E-state index in [1.807, 2.05) is 11.9 Å². The number of likely N-dealkylation sites (N-methyl/N-ethyl adjacent to an activating group) is 1. The molecule has 1 fully saturated rings. The maximum absolute atomic E-state index is 13.1. The molecule has 174 valence electrons. The van der Waals surface area contributed by atoms with Gasteiger partial charge in [0, 0.05) is 63.4 Å². The van der Waals surface area contributed by atoms with Crippen molar-refractivity contribution in [3.8, 4) is 0 Å². The van der Waals surface area contributed by atoms with E-state index >= 15 is 0 Å². The van der Waals surface area contributed by atoms with Crippen LogP contribution < -0.4 is 19.6 Å². The van der Waals surface area contributed by atoms with Gasteiger partial charge in [-0.25, -0.2) is 19.9 Å². The number of nitro benzene ring substituents is 1. The van der Waals surface area contributed by atoms with Crippen molar-refractivity contribution >= 4 is 34.9 Å². The molecule has 0 radical (unpaired) electrons. The molecule has 4 heterocycles. The summed E-state index contributed by atoms with van der Waals surface area (Å²) in [4.78, 5) is 49.2. The Morgan fingerprint density at radius 3 is 2.21 bits per heavy atom. The molecule has 0 N–H and O–H groups in total. The Morgan fingerprint density at radius 2 is 1.53 bits per heavy atom. The largest absolute Gasteiger partial charge is 0.353 e. The molecule has 0 unspecified atom stereocenters. The Labute approximate surface area is 195 Å². The summed E-state index contributed by atoms with van der Waals surface area (Å²) >= 11 is 0. The number of piperazine rings is 1. The van der Waals surface area contributed by atoms with Gasteiger partial charge in [0.15, 0.2) is 0 Å². The van der Waals surface area contributed by atoms with Crippen molar-refractivity contribution in [1.29, 1.82) is 0 Å². The van der Waals surface area contributed by atoms with Gasteiger partial charge in [0.25, 0.3) is 5.69 Å². The first-order valence-corrected chi connectivity index (χ1v) is 10.9. The number of rotatable bonds is 4. The number of nitrogens with zero attached hydrogens (tertiary/aromatic N) is 9. The van der Waals surface area contributed by atoms with Crippen LogP contribution in [0.15, 0.2) is 49.1 Å². The number of carbonyl (C=O) groups excluding carboxylic acids is 1. The molecule has 12 heteroatoms. The smallest absolute Gasteiger partial charge is 0.269 e. The highest BCUT2D eigenvalue weighted by molar-refractivity contribution is 5.98. The Hall–Kier alpha value is -4.35. The average molecular weight is 461 g/mol. The summed E-state index contributed by atoms with van der Waals surface area (Å²) in [6, 6.07) is 7.81. The fourth-order valence-corrected chi connectivity index (χ4v) is 4.31. The molecule has 0 spiro atoms. The molecule has 2 aromatic heterocycles. The summed E-state index contributed by atoms with van der Waals surface area (Å²) in [6.45, 7) is 3.33. The summed E-state index contributed by atoms with van der Waals surface area (Å²) < 4.78 is 0. The second kappa shape index (κ2) is 8.89. The predicted octanol–water partition coefficient (Wildman–Crippen LogP) is 1.48. The van der Waals surface area contributed by atoms with Crippen molar-refractivity contribution in [3.63, 3.8) is 0 Å². The summed E-state index contributed by atoms with van der Waals surface area (Å²) in [7, 11) is 1.83. The van der Waals surface area contributed by atoms with Gasteiger partial charge in [0.1, 0.15) is 18.0 Å². The summed E-state index contributed by atoms with van der Waals surface area (Å²) in [5, 5.41) is 11.0. The van der Waals surface area contributed by atoms with E-state index in [9.17, 15) is 14.9 Å². The summed E-state index contributed by atoms with van der Waals surface area (Å²) in [6.07, 6.45) is 5.00. The fraction of sp³-hybridized carbons (Fsp3) is 0.318. The van der Waals surface area contributed by atoms with Gasteiger partial charge in [-0.2, -0.15) is 0 Å². The number of carbonyl (C=O) groups is 1. The third-order valence-corrected chi connectivity index (χ3v) is 6.04. The monoisotopic (exact) mass is 461 g/mol. The number of amides is 1. The lowest BCUT2D eigenvalue weighted by Crippen LogP contribution is -2.47. The van der Waals surface area contributed by atoms with Gasteiger partial charge in [-0.3, -0.25) is 14.9 Å².